The number of unbranched alkanes of at least 4 members (excludes halogenated alkanes) is 36. The van der Waals surface area contributed by atoms with Crippen molar-refractivity contribution in [2.24, 2.45) is 0 Å². The first-order chi connectivity index (χ1) is 38.5. The molecule has 0 saturated heterocycles. The molecule has 6 nitrogen and oxygen atoms in total. The summed E-state index contributed by atoms with van der Waals surface area (Å²) in [5, 5.41) is 0. The zero-order chi connectivity index (χ0) is 56.4. The van der Waals surface area contributed by atoms with Crippen molar-refractivity contribution in [3.63, 3.8) is 0 Å². The van der Waals surface area contributed by atoms with E-state index in [0.717, 1.165) is 103 Å². The molecule has 0 rings (SSSR count). The second kappa shape index (κ2) is 66.1. The Morgan fingerprint density at radius 3 is 0.782 bits per heavy atom. The minimum Gasteiger partial charge on any atom is -0.462 e. The second-order valence-corrected chi connectivity index (χ2v) is 22.4. The van der Waals surface area contributed by atoms with Gasteiger partial charge in [-0.2, -0.15) is 0 Å². The van der Waals surface area contributed by atoms with Crippen LogP contribution in [0.3, 0.4) is 0 Å². The van der Waals surface area contributed by atoms with Gasteiger partial charge in [-0.25, -0.2) is 0 Å². The van der Waals surface area contributed by atoms with Crippen molar-refractivity contribution in [2.75, 3.05) is 13.2 Å². The molecule has 0 fully saturated rings. The Bertz CT molecular complexity index is 1480. The zero-order valence-electron chi connectivity index (χ0n) is 51.7. The summed E-state index contributed by atoms with van der Waals surface area (Å²) in [6, 6.07) is 0. The summed E-state index contributed by atoms with van der Waals surface area (Å²) in [5.41, 5.74) is 0. The molecule has 450 valence electrons. The van der Waals surface area contributed by atoms with E-state index in [0.29, 0.717) is 19.3 Å². The van der Waals surface area contributed by atoms with Crippen molar-refractivity contribution in [2.45, 2.75) is 341 Å². The van der Waals surface area contributed by atoms with Crippen molar-refractivity contribution in [3.8, 4) is 0 Å². The summed E-state index contributed by atoms with van der Waals surface area (Å²) in [4.78, 5) is 38.4. The van der Waals surface area contributed by atoms with E-state index < -0.39 is 6.10 Å². The fraction of sp³-hybridized carbons (Fsp3) is 0.764. The van der Waals surface area contributed by atoms with Crippen molar-refractivity contribution >= 4 is 17.9 Å². The van der Waals surface area contributed by atoms with Crippen LogP contribution in [0.5, 0.6) is 0 Å². The summed E-state index contributed by atoms with van der Waals surface area (Å²) < 4.78 is 17.0. The smallest absolute Gasteiger partial charge is 0.306 e. The summed E-state index contributed by atoms with van der Waals surface area (Å²) in [6.07, 6.45) is 87.3. The van der Waals surface area contributed by atoms with E-state index in [1.165, 1.54) is 193 Å². The molecular formula is C72H126O6. The predicted octanol–water partition coefficient (Wildman–Crippen LogP) is 23.1. The van der Waals surface area contributed by atoms with Gasteiger partial charge in [0.15, 0.2) is 6.10 Å². The molecule has 0 aliphatic heterocycles. The van der Waals surface area contributed by atoms with Crippen LogP contribution in [0.15, 0.2) is 85.1 Å². The van der Waals surface area contributed by atoms with Gasteiger partial charge >= 0.3 is 17.9 Å². The fourth-order valence-corrected chi connectivity index (χ4v) is 9.62. The van der Waals surface area contributed by atoms with E-state index in [1.54, 1.807) is 0 Å². The van der Waals surface area contributed by atoms with Crippen LogP contribution in [-0.2, 0) is 28.6 Å². The summed E-state index contributed by atoms with van der Waals surface area (Å²) in [7, 11) is 0. The van der Waals surface area contributed by atoms with Crippen LogP contribution >= 0.6 is 0 Å². The third kappa shape index (κ3) is 63.4. The third-order valence-electron chi connectivity index (χ3n) is 14.6. The minimum absolute atomic E-state index is 0.0776. The van der Waals surface area contributed by atoms with E-state index in [9.17, 15) is 14.4 Å². The SMILES string of the molecule is CC/C=C\C/C=C\C/C=C\C/C=C\CCCCCCCCCCCCC(=O)OCC(COC(=O)CCCCCCCCCCCCCCCC)OC(=O)CCCCCCCCCC/C=C\C/C=C\C/C=C\CCCCCCC. The molecule has 0 aliphatic rings. The first kappa shape index (κ1) is 74.6. The molecule has 6 heteroatoms. The lowest BCUT2D eigenvalue weighted by molar-refractivity contribution is -0.167. The third-order valence-corrected chi connectivity index (χ3v) is 14.6. The Morgan fingerprint density at radius 1 is 0.269 bits per heavy atom. The maximum atomic E-state index is 12.9. The molecule has 0 aliphatic carbocycles. The summed E-state index contributed by atoms with van der Waals surface area (Å²) in [6.45, 7) is 6.55. The number of ether oxygens (including phenoxy) is 3. The number of carbonyl (C=O) groups is 3. The fourth-order valence-electron chi connectivity index (χ4n) is 9.62. The quantitative estimate of drug-likeness (QED) is 0.0261. The molecule has 0 aromatic heterocycles. The number of allylic oxidation sites excluding steroid dienone is 14. The lowest BCUT2D eigenvalue weighted by Crippen LogP contribution is -2.30. The molecule has 0 bridgehead atoms. The molecule has 0 saturated carbocycles. The van der Waals surface area contributed by atoms with Gasteiger partial charge < -0.3 is 14.2 Å². The van der Waals surface area contributed by atoms with Gasteiger partial charge in [0.05, 0.1) is 0 Å². The highest BCUT2D eigenvalue weighted by molar-refractivity contribution is 5.71. The van der Waals surface area contributed by atoms with Gasteiger partial charge in [-0.05, 0) is 96.3 Å². The summed E-state index contributed by atoms with van der Waals surface area (Å²) >= 11 is 0. The largest absolute Gasteiger partial charge is 0.462 e. The molecule has 0 N–H and O–H groups in total. The van der Waals surface area contributed by atoms with Crippen molar-refractivity contribution in [1.82, 2.24) is 0 Å². The van der Waals surface area contributed by atoms with Gasteiger partial charge in [0.2, 0.25) is 0 Å². The molecule has 1 atom stereocenters. The second-order valence-electron chi connectivity index (χ2n) is 22.4. The topological polar surface area (TPSA) is 78.9 Å². The highest BCUT2D eigenvalue weighted by Crippen LogP contribution is 2.17. The lowest BCUT2D eigenvalue weighted by atomic mass is 10.0. The maximum absolute atomic E-state index is 12.9. The molecular weight excluding hydrogens is 961 g/mol. The van der Waals surface area contributed by atoms with Crippen LogP contribution in [0, 0.1) is 0 Å². The van der Waals surface area contributed by atoms with Crippen LogP contribution < -0.4 is 0 Å². The van der Waals surface area contributed by atoms with E-state index in [2.05, 4.69) is 106 Å². The molecule has 0 aromatic rings. The Balaban J connectivity index is 4.35. The molecule has 0 amide bonds. The Hall–Kier alpha value is -3.41. The standard InChI is InChI=1S/C72H126O6/c1-4-7-10-13-16-19-22-25-28-30-32-34-36-38-40-42-44-47-50-53-56-59-62-65-71(74)77-68-69(67-76-70(73)64-61-58-55-52-49-46-27-24-21-18-15-12-9-6-3)78-72(75)66-63-60-57-54-51-48-45-43-41-39-37-35-33-31-29-26-23-20-17-14-11-8-5-2/h7,10,16,19,23,25-26,28,31-34,37,39,69H,4-6,8-9,11-15,17-18,20-22,24,27,29-30,35-36,38,40-68H2,1-3H3/b10-7-,19-16-,26-23-,28-25-,33-31-,34-32-,39-37-. The van der Waals surface area contributed by atoms with Crippen molar-refractivity contribution < 1.29 is 28.6 Å². The first-order valence-electron chi connectivity index (χ1n) is 33.6. The zero-order valence-corrected chi connectivity index (χ0v) is 51.7. The van der Waals surface area contributed by atoms with Crippen LogP contribution in [0.25, 0.3) is 0 Å². The Morgan fingerprint density at radius 2 is 0.500 bits per heavy atom. The Labute approximate surface area is 484 Å². The van der Waals surface area contributed by atoms with Crippen molar-refractivity contribution in [1.29, 1.82) is 0 Å². The first-order valence-corrected chi connectivity index (χ1v) is 33.6. The van der Waals surface area contributed by atoms with Crippen LogP contribution in [0.4, 0.5) is 0 Å². The highest BCUT2D eigenvalue weighted by atomic mass is 16.6. The van der Waals surface area contributed by atoms with Crippen LogP contribution in [-0.4, -0.2) is 37.2 Å². The van der Waals surface area contributed by atoms with Crippen LogP contribution in [0.1, 0.15) is 335 Å². The van der Waals surface area contributed by atoms with E-state index in [-0.39, 0.29) is 31.1 Å². The molecule has 1 unspecified atom stereocenters. The van der Waals surface area contributed by atoms with Gasteiger partial charge in [-0.3, -0.25) is 14.4 Å². The average Bonchev–Trinajstić information content (AvgIpc) is 3.44. The molecule has 0 radical (unpaired) electrons. The number of carbonyl (C=O) groups excluding carboxylic acids is 3. The molecule has 0 heterocycles. The normalized spacial score (nSPS) is 12.6. The van der Waals surface area contributed by atoms with Crippen LogP contribution in [0.2, 0.25) is 0 Å². The van der Waals surface area contributed by atoms with Crippen molar-refractivity contribution in [3.05, 3.63) is 85.1 Å². The molecule has 0 spiro atoms. The van der Waals surface area contributed by atoms with Gasteiger partial charge in [0.25, 0.3) is 0 Å². The minimum atomic E-state index is -0.783. The molecule has 78 heavy (non-hydrogen) atoms. The van der Waals surface area contributed by atoms with Gasteiger partial charge in [0.1, 0.15) is 13.2 Å². The number of rotatable bonds is 61. The monoisotopic (exact) mass is 1090 g/mol. The maximum Gasteiger partial charge on any atom is 0.306 e. The van der Waals surface area contributed by atoms with E-state index >= 15 is 0 Å². The lowest BCUT2D eigenvalue weighted by Gasteiger charge is -2.18. The highest BCUT2D eigenvalue weighted by Gasteiger charge is 2.19. The van der Waals surface area contributed by atoms with E-state index in [4.69, 9.17) is 14.2 Å². The van der Waals surface area contributed by atoms with Gasteiger partial charge in [-0.1, -0.05) is 305 Å². The predicted molar refractivity (Wildman–Crippen MR) is 339 cm³/mol. The number of hydrogen-bond donors (Lipinski definition) is 0. The van der Waals surface area contributed by atoms with Gasteiger partial charge in [0, 0.05) is 19.3 Å². The van der Waals surface area contributed by atoms with E-state index in [1.807, 2.05) is 0 Å². The Kier molecular flexibility index (Phi) is 63.2. The van der Waals surface area contributed by atoms with Gasteiger partial charge in [-0.15, -0.1) is 0 Å². The number of hydrogen-bond acceptors (Lipinski definition) is 6. The average molecular weight is 1090 g/mol. The number of esters is 3. The summed E-state index contributed by atoms with van der Waals surface area (Å²) in [5.74, 6) is -0.873. The molecule has 0 aromatic carbocycles.